The molecule has 0 rings (SSSR count). The summed E-state index contributed by atoms with van der Waals surface area (Å²) < 4.78 is 18.2. The van der Waals surface area contributed by atoms with Crippen molar-refractivity contribution in [2.45, 2.75) is 259 Å². The summed E-state index contributed by atoms with van der Waals surface area (Å²) in [6.45, 7) is 13.7. The Labute approximate surface area is 346 Å². The van der Waals surface area contributed by atoms with Crippen LogP contribution in [-0.2, 0) is 19.0 Å². The summed E-state index contributed by atoms with van der Waals surface area (Å²) in [4.78, 5) is 14.8. The summed E-state index contributed by atoms with van der Waals surface area (Å²) in [6, 6.07) is 0. The fraction of sp³-hybridized carbons (Fsp3) is 0.980. The van der Waals surface area contributed by atoms with Crippen molar-refractivity contribution in [2.75, 3.05) is 47.1 Å². The second-order valence-electron chi connectivity index (χ2n) is 17.7. The van der Waals surface area contributed by atoms with E-state index in [9.17, 15) is 4.79 Å². The van der Waals surface area contributed by atoms with E-state index in [0.29, 0.717) is 25.0 Å². The molecule has 0 aliphatic rings. The molecule has 0 aromatic carbocycles. The first-order chi connectivity index (χ1) is 27.0. The van der Waals surface area contributed by atoms with Crippen molar-refractivity contribution < 1.29 is 19.0 Å². The molecule has 1 atom stereocenters. The van der Waals surface area contributed by atoms with Gasteiger partial charge in [0, 0.05) is 26.2 Å². The molecule has 5 heteroatoms. The topological polar surface area (TPSA) is 48.0 Å². The molecule has 0 radical (unpaired) electrons. The van der Waals surface area contributed by atoms with E-state index in [1.54, 1.807) is 0 Å². The minimum absolute atomic E-state index is 0.0393. The molecule has 0 saturated heterocycles. The first-order valence-corrected chi connectivity index (χ1v) is 25.0. The Bertz CT molecular complexity index is 725. The van der Waals surface area contributed by atoms with E-state index in [-0.39, 0.29) is 5.97 Å². The largest absolute Gasteiger partial charge is 0.466 e. The van der Waals surface area contributed by atoms with Crippen LogP contribution in [0.4, 0.5) is 0 Å². The van der Waals surface area contributed by atoms with Crippen molar-refractivity contribution in [1.29, 1.82) is 0 Å². The highest BCUT2D eigenvalue weighted by molar-refractivity contribution is 5.69. The highest BCUT2D eigenvalue weighted by Crippen LogP contribution is 2.23. The smallest absolute Gasteiger partial charge is 0.306 e. The molecule has 5 nitrogen and oxygen atoms in total. The summed E-state index contributed by atoms with van der Waals surface area (Å²) in [7, 11) is 4.30. The number of esters is 1. The molecule has 0 spiro atoms. The average molecular weight is 780 g/mol. The molecule has 0 aliphatic heterocycles. The monoisotopic (exact) mass is 780 g/mol. The van der Waals surface area contributed by atoms with Crippen LogP contribution in [0, 0.1) is 11.8 Å². The lowest BCUT2D eigenvalue weighted by Crippen LogP contribution is -2.18. The van der Waals surface area contributed by atoms with Gasteiger partial charge in [-0.3, -0.25) is 4.79 Å². The summed E-state index contributed by atoms with van der Waals surface area (Å²) in [5.41, 5.74) is 0. The lowest BCUT2D eigenvalue weighted by molar-refractivity contribution is -0.145. The van der Waals surface area contributed by atoms with Crippen LogP contribution in [0.2, 0.25) is 0 Å². The molecule has 0 saturated carbocycles. The Balaban J connectivity index is 4.02. The zero-order valence-electron chi connectivity index (χ0n) is 38.6. The fourth-order valence-corrected chi connectivity index (χ4v) is 8.11. The predicted molar refractivity (Wildman–Crippen MR) is 241 cm³/mol. The van der Waals surface area contributed by atoms with E-state index in [4.69, 9.17) is 14.2 Å². The van der Waals surface area contributed by atoms with E-state index in [2.05, 4.69) is 46.7 Å². The zero-order chi connectivity index (χ0) is 40.3. The Morgan fingerprint density at radius 3 is 1.31 bits per heavy atom. The number of ether oxygens (including phenoxy) is 3. The molecule has 330 valence electrons. The lowest BCUT2D eigenvalue weighted by atomic mass is 9.92. The number of nitrogens with zero attached hydrogens (tertiary/aromatic N) is 1. The number of unbranched alkanes of at least 4 members (excludes halogenated alkanes) is 20. The maximum absolute atomic E-state index is 12.5. The number of carbonyl (C=O) groups is 1. The van der Waals surface area contributed by atoms with Gasteiger partial charge >= 0.3 is 5.97 Å². The third-order valence-electron chi connectivity index (χ3n) is 11.8. The number of carbonyl (C=O) groups excluding carboxylic acids is 1. The first-order valence-electron chi connectivity index (χ1n) is 25.0. The van der Waals surface area contributed by atoms with Crippen molar-refractivity contribution in [3.63, 3.8) is 0 Å². The Morgan fingerprint density at radius 2 is 0.836 bits per heavy atom. The summed E-state index contributed by atoms with van der Waals surface area (Å²) in [5, 5.41) is 0. The lowest BCUT2D eigenvalue weighted by Gasteiger charge is -2.19. The molecule has 0 heterocycles. The molecule has 0 N–H and O–H groups in total. The Morgan fingerprint density at radius 1 is 0.418 bits per heavy atom. The van der Waals surface area contributed by atoms with Gasteiger partial charge < -0.3 is 19.1 Å². The maximum Gasteiger partial charge on any atom is 0.306 e. The van der Waals surface area contributed by atoms with Crippen LogP contribution in [0.3, 0.4) is 0 Å². The number of rotatable bonds is 46. The van der Waals surface area contributed by atoms with Gasteiger partial charge in [0.15, 0.2) is 0 Å². The summed E-state index contributed by atoms with van der Waals surface area (Å²) >= 11 is 0. The molecule has 0 bridgehead atoms. The van der Waals surface area contributed by atoms with E-state index in [1.165, 1.54) is 205 Å². The minimum Gasteiger partial charge on any atom is -0.466 e. The second kappa shape index (κ2) is 44.5. The van der Waals surface area contributed by atoms with E-state index in [1.807, 2.05) is 0 Å². The fourth-order valence-electron chi connectivity index (χ4n) is 8.11. The molecule has 0 fully saturated rings. The van der Waals surface area contributed by atoms with Gasteiger partial charge in [0.2, 0.25) is 0 Å². The molecular formula is C50H101NO4. The molecular weight excluding hydrogens is 679 g/mol. The van der Waals surface area contributed by atoms with Gasteiger partial charge in [0.1, 0.15) is 0 Å². The Hall–Kier alpha value is -0.650. The van der Waals surface area contributed by atoms with Crippen LogP contribution >= 0.6 is 0 Å². The van der Waals surface area contributed by atoms with Gasteiger partial charge in [-0.25, -0.2) is 0 Å². The van der Waals surface area contributed by atoms with Gasteiger partial charge in [-0.05, 0) is 83.8 Å². The summed E-state index contributed by atoms with van der Waals surface area (Å²) in [5.74, 6) is 1.45. The van der Waals surface area contributed by atoms with Gasteiger partial charge in [-0.1, -0.05) is 195 Å². The first kappa shape index (κ1) is 54.3. The predicted octanol–water partition coefficient (Wildman–Crippen LogP) is 15.5. The molecule has 0 aromatic heterocycles. The van der Waals surface area contributed by atoms with E-state index in [0.717, 1.165) is 45.1 Å². The zero-order valence-corrected chi connectivity index (χ0v) is 38.6. The second-order valence-corrected chi connectivity index (χ2v) is 17.7. The standard InChI is InChI=1S/C50H101NO4/c1-7-11-25-34-47(35-26-12-8-2)40-45-53-42-31-23-19-15-17-21-29-38-49(54-44-33-41-51(5)6)39-30-22-18-16-20-24-32-43-55-50(52)46-48(36-27-13-9-3)37-28-14-10-4/h47-49H,7-46H2,1-6H3. The van der Waals surface area contributed by atoms with Crippen LogP contribution in [0.15, 0.2) is 0 Å². The quantitative estimate of drug-likeness (QED) is 0.0455. The third kappa shape index (κ3) is 41.3. The summed E-state index contributed by atoms with van der Waals surface area (Å²) in [6.07, 6.45) is 44.8. The van der Waals surface area contributed by atoms with E-state index < -0.39 is 0 Å². The van der Waals surface area contributed by atoms with Crippen molar-refractivity contribution in [3.05, 3.63) is 0 Å². The van der Waals surface area contributed by atoms with Gasteiger partial charge in [-0.2, -0.15) is 0 Å². The molecule has 0 aromatic rings. The maximum atomic E-state index is 12.5. The SMILES string of the molecule is CCCCCC(CCCCC)CCOCCCCCCCCCC(CCCCCCCCCOC(=O)CC(CCCCC)CCCCC)OCCCN(C)C. The van der Waals surface area contributed by atoms with Crippen molar-refractivity contribution in [1.82, 2.24) is 4.90 Å². The van der Waals surface area contributed by atoms with Crippen molar-refractivity contribution in [3.8, 4) is 0 Å². The number of hydrogen-bond acceptors (Lipinski definition) is 5. The van der Waals surface area contributed by atoms with Crippen LogP contribution in [0.5, 0.6) is 0 Å². The Kier molecular flexibility index (Phi) is 43.9. The average Bonchev–Trinajstić information content (AvgIpc) is 3.17. The highest BCUT2D eigenvalue weighted by Gasteiger charge is 2.15. The van der Waals surface area contributed by atoms with Crippen LogP contribution < -0.4 is 0 Å². The van der Waals surface area contributed by atoms with Crippen LogP contribution in [-0.4, -0.2) is 64.0 Å². The van der Waals surface area contributed by atoms with Gasteiger partial charge in [-0.15, -0.1) is 0 Å². The van der Waals surface area contributed by atoms with E-state index >= 15 is 0 Å². The normalized spacial score (nSPS) is 12.5. The van der Waals surface area contributed by atoms with Crippen molar-refractivity contribution in [2.24, 2.45) is 11.8 Å². The minimum atomic E-state index is 0.0393. The highest BCUT2D eigenvalue weighted by atomic mass is 16.5. The molecule has 1 unspecified atom stereocenters. The molecule has 0 aliphatic carbocycles. The van der Waals surface area contributed by atoms with Gasteiger partial charge in [0.25, 0.3) is 0 Å². The third-order valence-corrected chi connectivity index (χ3v) is 11.8. The van der Waals surface area contributed by atoms with Crippen LogP contribution in [0.25, 0.3) is 0 Å². The van der Waals surface area contributed by atoms with Crippen LogP contribution in [0.1, 0.15) is 252 Å². The van der Waals surface area contributed by atoms with Crippen molar-refractivity contribution >= 4 is 5.97 Å². The van der Waals surface area contributed by atoms with Gasteiger partial charge in [0.05, 0.1) is 12.7 Å². The molecule has 55 heavy (non-hydrogen) atoms. The molecule has 0 amide bonds. The number of hydrogen-bond donors (Lipinski definition) is 0.